The number of aromatic nitrogens is 1. The molecule has 2 rings (SSSR count). The average molecular weight is 287 g/mol. The Labute approximate surface area is 127 Å². The van der Waals surface area contributed by atoms with E-state index in [1.165, 1.54) is 0 Å². The number of anilines is 1. The summed E-state index contributed by atoms with van der Waals surface area (Å²) in [4.78, 5) is 9.21. The Morgan fingerprint density at radius 2 is 1.90 bits per heavy atom. The quantitative estimate of drug-likeness (QED) is 0.849. The van der Waals surface area contributed by atoms with Crippen LogP contribution >= 0.6 is 0 Å². The lowest BCUT2D eigenvalue weighted by molar-refractivity contribution is 0.281. The molecule has 0 spiro atoms. The number of fused-ring (bicyclic) bond motifs is 1. The molecule has 4 heteroatoms. The summed E-state index contributed by atoms with van der Waals surface area (Å²) < 4.78 is 0. The maximum Gasteiger partial charge on any atom is 0.134 e. The van der Waals surface area contributed by atoms with Gasteiger partial charge in [-0.3, -0.25) is 0 Å². The van der Waals surface area contributed by atoms with Gasteiger partial charge >= 0.3 is 0 Å². The molecule has 0 bridgehead atoms. The van der Waals surface area contributed by atoms with E-state index in [2.05, 4.69) is 30.8 Å². The third-order valence-electron chi connectivity index (χ3n) is 3.67. The molecule has 0 atom stereocenters. The van der Waals surface area contributed by atoms with Crippen LogP contribution in [0.2, 0.25) is 0 Å². The SMILES string of the molecule is CCN(CCCN(C)C)c1nc2ccccc2cc1CO. The first-order valence-electron chi connectivity index (χ1n) is 7.55. The van der Waals surface area contributed by atoms with Crippen LogP contribution in [-0.4, -0.2) is 48.7 Å². The second-order valence-electron chi connectivity index (χ2n) is 5.56. The van der Waals surface area contributed by atoms with Crippen LogP contribution in [0.5, 0.6) is 0 Å². The van der Waals surface area contributed by atoms with Crippen LogP contribution in [-0.2, 0) is 6.61 Å². The number of para-hydroxylation sites is 1. The first-order valence-corrected chi connectivity index (χ1v) is 7.55. The first kappa shape index (κ1) is 15.7. The van der Waals surface area contributed by atoms with E-state index >= 15 is 0 Å². The van der Waals surface area contributed by atoms with Gasteiger partial charge in [0, 0.05) is 24.0 Å². The minimum atomic E-state index is 0.0251. The van der Waals surface area contributed by atoms with E-state index in [1.54, 1.807) is 0 Å². The van der Waals surface area contributed by atoms with Crippen molar-refractivity contribution in [2.24, 2.45) is 0 Å². The highest BCUT2D eigenvalue weighted by molar-refractivity contribution is 5.81. The number of rotatable bonds is 7. The number of aliphatic hydroxyl groups is 1. The monoisotopic (exact) mass is 287 g/mol. The third-order valence-corrected chi connectivity index (χ3v) is 3.67. The predicted molar refractivity (Wildman–Crippen MR) is 88.7 cm³/mol. The van der Waals surface area contributed by atoms with Gasteiger partial charge in [0.05, 0.1) is 12.1 Å². The molecule has 0 fully saturated rings. The van der Waals surface area contributed by atoms with Gasteiger partial charge in [0.15, 0.2) is 0 Å². The van der Waals surface area contributed by atoms with Gasteiger partial charge in [-0.1, -0.05) is 18.2 Å². The van der Waals surface area contributed by atoms with E-state index in [0.717, 1.165) is 48.3 Å². The van der Waals surface area contributed by atoms with E-state index in [0.29, 0.717) is 0 Å². The Kier molecular flexibility index (Phi) is 5.53. The van der Waals surface area contributed by atoms with Crippen molar-refractivity contribution in [2.75, 3.05) is 38.6 Å². The fraction of sp³-hybridized carbons (Fsp3) is 0.471. The Bertz CT molecular complexity index is 583. The van der Waals surface area contributed by atoms with E-state index in [9.17, 15) is 5.11 Å². The second kappa shape index (κ2) is 7.38. The van der Waals surface area contributed by atoms with E-state index in [-0.39, 0.29) is 6.61 Å². The van der Waals surface area contributed by atoms with Crippen LogP contribution in [0, 0.1) is 0 Å². The van der Waals surface area contributed by atoms with Crippen LogP contribution in [0.25, 0.3) is 10.9 Å². The first-order chi connectivity index (χ1) is 10.2. The lowest BCUT2D eigenvalue weighted by atomic mass is 10.1. The number of pyridine rings is 1. The second-order valence-corrected chi connectivity index (χ2v) is 5.56. The lowest BCUT2D eigenvalue weighted by Crippen LogP contribution is -2.28. The molecule has 4 nitrogen and oxygen atoms in total. The molecule has 0 radical (unpaired) electrons. The van der Waals surface area contributed by atoms with Crippen molar-refractivity contribution in [3.63, 3.8) is 0 Å². The molecular formula is C17H25N3O. The van der Waals surface area contributed by atoms with Crippen molar-refractivity contribution >= 4 is 16.7 Å². The topological polar surface area (TPSA) is 39.6 Å². The van der Waals surface area contributed by atoms with Gasteiger partial charge < -0.3 is 14.9 Å². The van der Waals surface area contributed by atoms with Gasteiger partial charge in [-0.15, -0.1) is 0 Å². The van der Waals surface area contributed by atoms with Gasteiger partial charge in [-0.2, -0.15) is 0 Å². The Morgan fingerprint density at radius 3 is 2.57 bits per heavy atom. The van der Waals surface area contributed by atoms with E-state index in [1.807, 2.05) is 30.3 Å². The Hall–Kier alpha value is -1.65. The standard InChI is InChI=1S/C17H25N3O/c1-4-20(11-7-10-19(2)3)17-15(13-21)12-14-8-5-6-9-16(14)18-17/h5-6,8-9,12,21H,4,7,10-11,13H2,1-3H3. The minimum absolute atomic E-state index is 0.0251. The zero-order valence-electron chi connectivity index (χ0n) is 13.2. The van der Waals surface area contributed by atoms with Crippen LogP contribution in [0.1, 0.15) is 18.9 Å². The highest BCUT2D eigenvalue weighted by atomic mass is 16.3. The van der Waals surface area contributed by atoms with E-state index < -0.39 is 0 Å². The molecule has 0 saturated heterocycles. The summed E-state index contributed by atoms with van der Waals surface area (Å²) in [5.41, 5.74) is 1.89. The smallest absolute Gasteiger partial charge is 0.134 e. The number of nitrogens with zero attached hydrogens (tertiary/aromatic N) is 3. The number of hydrogen-bond acceptors (Lipinski definition) is 4. The lowest BCUT2D eigenvalue weighted by Gasteiger charge is -2.25. The summed E-state index contributed by atoms with van der Waals surface area (Å²) >= 11 is 0. The molecule has 0 amide bonds. The average Bonchev–Trinajstić information content (AvgIpc) is 2.50. The van der Waals surface area contributed by atoms with Crippen molar-refractivity contribution in [3.05, 3.63) is 35.9 Å². The summed E-state index contributed by atoms with van der Waals surface area (Å²) in [6.45, 7) is 5.06. The van der Waals surface area contributed by atoms with E-state index in [4.69, 9.17) is 4.98 Å². The summed E-state index contributed by atoms with van der Waals surface area (Å²) in [5, 5.41) is 10.7. The van der Waals surface area contributed by atoms with Crippen LogP contribution < -0.4 is 4.90 Å². The highest BCUT2D eigenvalue weighted by Gasteiger charge is 2.12. The maximum atomic E-state index is 9.66. The highest BCUT2D eigenvalue weighted by Crippen LogP contribution is 2.23. The number of hydrogen-bond donors (Lipinski definition) is 1. The fourth-order valence-corrected chi connectivity index (χ4v) is 2.53. The zero-order chi connectivity index (χ0) is 15.2. The summed E-state index contributed by atoms with van der Waals surface area (Å²) in [7, 11) is 4.17. The molecule has 1 N–H and O–H groups in total. The molecule has 114 valence electrons. The third kappa shape index (κ3) is 3.93. The van der Waals surface area contributed by atoms with Crippen molar-refractivity contribution in [1.29, 1.82) is 0 Å². The molecule has 2 aromatic rings. The molecule has 0 aliphatic carbocycles. The van der Waals surface area contributed by atoms with Crippen molar-refractivity contribution in [3.8, 4) is 0 Å². The van der Waals surface area contributed by atoms with Gasteiger partial charge in [0.25, 0.3) is 0 Å². The predicted octanol–water partition coefficient (Wildman–Crippen LogP) is 2.51. The Morgan fingerprint density at radius 1 is 1.14 bits per heavy atom. The Balaban J connectivity index is 2.28. The van der Waals surface area contributed by atoms with Gasteiger partial charge in [0.2, 0.25) is 0 Å². The van der Waals surface area contributed by atoms with Crippen molar-refractivity contribution < 1.29 is 5.11 Å². The largest absolute Gasteiger partial charge is 0.392 e. The molecule has 21 heavy (non-hydrogen) atoms. The van der Waals surface area contributed by atoms with Crippen molar-refractivity contribution in [2.45, 2.75) is 20.0 Å². The number of benzene rings is 1. The molecular weight excluding hydrogens is 262 g/mol. The molecule has 0 aliphatic heterocycles. The maximum absolute atomic E-state index is 9.66. The van der Waals surface area contributed by atoms with Gasteiger partial charge in [-0.25, -0.2) is 4.98 Å². The van der Waals surface area contributed by atoms with Gasteiger partial charge in [0.1, 0.15) is 5.82 Å². The summed E-state index contributed by atoms with van der Waals surface area (Å²) in [5.74, 6) is 0.914. The fourth-order valence-electron chi connectivity index (χ4n) is 2.53. The van der Waals surface area contributed by atoms with Crippen LogP contribution in [0.15, 0.2) is 30.3 Å². The van der Waals surface area contributed by atoms with Crippen LogP contribution in [0.3, 0.4) is 0 Å². The minimum Gasteiger partial charge on any atom is -0.392 e. The zero-order valence-corrected chi connectivity index (χ0v) is 13.2. The molecule has 1 aromatic carbocycles. The normalized spacial score (nSPS) is 11.3. The molecule has 1 heterocycles. The molecule has 0 unspecified atom stereocenters. The molecule has 0 saturated carbocycles. The molecule has 0 aliphatic rings. The summed E-state index contributed by atoms with van der Waals surface area (Å²) in [6.07, 6.45) is 1.08. The van der Waals surface area contributed by atoms with Crippen molar-refractivity contribution in [1.82, 2.24) is 9.88 Å². The molecule has 1 aromatic heterocycles. The van der Waals surface area contributed by atoms with Gasteiger partial charge in [-0.05, 0) is 46.1 Å². The van der Waals surface area contributed by atoms with Crippen LogP contribution in [0.4, 0.5) is 5.82 Å². The summed E-state index contributed by atoms with van der Waals surface area (Å²) in [6, 6.07) is 10.1. The number of aliphatic hydroxyl groups excluding tert-OH is 1.